The third-order valence-corrected chi connectivity index (χ3v) is 0.655. The van der Waals surface area contributed by atoms with E-state index < -0.39 is 0 Å². The Kier molecular flexibility index (Phi) is 19.3. The summed E-state index contributed by atoms with van der Waals surface area (Å²) >= 11 is 0. The molecule has 0 aromatic heterocycles. The van der Waals surface area contributed by atoms with Gasteiger partial charge >= 0.3 is 0 Å². The molecule has 0 rings (SSSR count). The van der Waals surface area contributed by atoms with Gasteiger partial charge in [0.25, 0.3) is 0 Å². The Bertz CT molecular complexity index is 33.5. The lowest BCUT2D eigenvalue weighted by atomic mass is 10.4. The van der Waals surface area contributed by atoms with Crippen molar-refractivity contribution >= 4 is 0 Å². The van der Waals surface area contributed by atoms with E-state index in [1.54, 1.807) is 0 Å². The Balaban J connectivity index is -0.000000180. The average Bonchev–Trinajstić information content (AvgIpc) is 1.61. The number of hydrogen-bond acceptors (Lipinski definition) is 1. The molecule has 0 saturated carbocycles. The first-order valence-electron chi connectivity index (χ1n) is 2.89. The van der Waals surface area contributed by atoms with E-state index in [-0.39, 0.29) is 14.9 Å². The maximum Gasteiger partial charge on any atom is 0.0518 e. The first-order chi connectivity index (χ1) is 3.27. The standard InChI is InChI=1S/C6H14O.2CH4/c1-4-5-7-6(2)3;;/h6H,4-5H2,1-3H3;2*1H4. The van der Waals surface area contributed by atoms with Crippen molar-refractivity contribution in [3.63, 3.8) is 0 Å². The monoisotopic (exact) mass is 134 g/mol. The second kappa shape index (κ2) is 10.9. The van der Waals surface area contributed by atoms with Crippen LogP contribution < -0.4 is 0 Å². The molecule has 0 N–H and O–H groups in total. The summed E-state index contributed by atoms with van der Waals surface area (Å²) in [4.78, 5) is 0. The zero-order valence-electron chi connectivity index (χ0n) is 5.40. The molecule has 0 aliphatic carbocycles. The van der Waals surface area contributed by atoms with Crippen LogP contribution >= 0.6 is 0 Å². The third kappa shape index (κ3) is 18.0. The van der Waals surface area contributed by atoms with Crippen LogP contribution in [0.5, 0.6) is 0 Å². The highest BCUT2D eigenvalue weighted by Gasteiger charge is 1.86. The molecule has 0 fully saturated rings. The summed E-state index contributed by atoms with van der Waals surface area (Å²) < 4.78 is 5.19. The van der Waals surface area contributed by atoms with Crippen LogP contribution in [0.2, 0.25) is 0 Å². The van der Waals surface area contributed by atoms with Crippen LogP contribution in [0.15, 0.2) is 0 Å². The maximum atomic E-state index is 5.19. The minimum atomic E-state index is 0. The van der Waals surface area contributed by atoms with Crippen LogP contribution in [0, 0.1) is 0 Å². The molecule has 0 bridgehead atoms. The minimum Gasteiger partial charge on any atom is -0.379 e. The van der Waals surface area contributed by atoms with Crippen LogP contribution in [-0.4, -0.2) is 12.7 Å². The third-order valence-electron chi connectivity index (χ3n) is 0.655. The molecule has 0 amide bonds. The summed E-state index contributed by atoms with van der Waals surface area (Å²) in [6.45, 7) is 7.12. The second-order valence-corrected chi connectivity index (χ2v) is 1.92. The van der Waals surface area contributed by atoms with Crippen LogP contribution in [0.25, 0.3) is 0 Å². The van der Waals surface area contributed by atoms with E-state index >= 15 is 0 Å². The van der Waals surface area contributed by atoms with E-state index in [0.29, 0.717) is 6.10 Å². The zero-order valence-corrected chi connectivity index (χ0v) is 5.40. The molecule has 0 atom stereocenters. The molecule has 60 valence electrons. The van der Waals surface area contributed by atoms with Crippen molar-refractivity contribution in [2.24, 2.45) is 0 Å². The zero-order chi connectivity index (χ0) is 5.70. The smallest absolute Gasteiger partial charge is 0.0518 e. The molecule has 0 saturated heterocycles. The molecule has 0 spiro atoms. The number of rotatable bonds is 3. The van der Waals surface area contributed by atoms with Crippen LogP contribution in [0.1, 0.15) is 42.0 Å². The lowest BCUT2D eigenvalue weighted by Crippen LogP contribution is -2.01. The normalized spacial score (nSPS) is 8.00. The largest absolute Gasteiger partial charge is 0.379 e. The molecule has 1 nitrogen and oxygen atoms in total. The number of hydrogen-bond donors (Lipinski definition) is 0. The fourth-order valence-electron chi connectivity index (χ4n) is 0.354. The second-order valence-electron chi connectivity index (χ2n) is 1.92. The SMILES string of the molecule is C.C.CCCOC(C)C. The fourth-order valence-corrected chi connectivity index (χ4v) is 0.354. The summed E-state index contributed by atoms with van der Waals surface area (Å²) in [6, 6.07) is 0. The van der Waals surface area contributed by atoms with Crippen molar-refractivity contribution in [3.05, 3.63) is 0 Å². The Morgan fingerprint density at radius 1 is 1.22 bits per heavy atom. The van der Waals surface area contributed by atoms with E-state index in [9.17, 15) is 0 Å². The summed E-state index contributed by atoms with van der Waals surface area (Å²) in [5.74, 6) is 0. The van der Waals surface area contributed by atoms with E-state index in [4.69, 9.17) is 4.74 Å². The quantitative estimate of drug-likeness (QED) is 0.576. The van der Waals surface area contributed by atoms with Gasteiger partial charge in [-0.1, -0.05) is 21.8 Å². The van der Waals surface area contributed by atoms with Gasteiger partial charge in [0.05, 0.1) is 6.10 Å². The molecule has 0 radical (unpaired) electrons. The van der Waals surface area contributed by atoms with Gasteiger partial charge in [0.1, 0.15) is 0 Å². The molecule has 0 aromatic rings. The Hall–Kier alpha value is -0.0400. The van der Waals surface area contributed by atoms with Gasteiger partial charge < -0.3 is 4.74 Å². The van der Waals surface area contributed by atoms with E-state index in [0.717, 1.165) is 13.0 Å². The van der Waals surface area contributed by atoms with Gasteiger partial charge in [-0.15, -0.1) is 0 Å². The summed E-state index contributed by atoms with van der Waals surface area (Å²) in [5, 5.41) is 0. The summed E-state index contributed by atoms with van der Waals surface area (Å²) in [5.41, 5.74) is 0. The number of ether oxygens (including phenoxy) is 1. The molecule has 0 aliphatic heterocycles. The van der Waals surface area contributed by atoms with Crippen molar-refractivity contribution in [2.45, 2.75) is 48.1 Å². The highest BCUT2D eigenvalue weighted by molar-refractivity contribution is 4.33. The molecular formula is C8H22O. The summed E-state index contributed by atoms with van der Waals surface area (Å²) in [7, 11) is 0. The Morgan fingerprint density at radius 2 is 1.67 bits per heavy atom. The highest BCUT2D eigenvalue weighted by atomic mass is 16.5. The Labute approximate surface area is 60.4 Å². The van der Waals surface area contributed by atoms with Gasteiger partial charge in [-0.25, -0.2) is 0 Å². The van der Waals surface area contributed by atoms with Crippen molar-refractivity contribution in [1.82, 2.24) is 0 Å². The average molecular weight is 134 g/mol. The van der Waals surface area contributed by atoms with Gasteiger partial charge in [-0.3, -0.25) is 0 Å². The van der Waals surface area contributed by atoms with Crippen LogP contribution in [-0.2, 0) is 4.74 Å². The lowest BCUT2D eigenvalue weighted by molar-refractivity contribution is 0.0794. The van der Waals surface area contributed by atoms with Crippen LogP contribution in [0.4, 0.5) is 0 Å². The van der Waals surface area contributed by atoms with Crippen molar-refractivity contribution in [1.29, 1.82) is 0 Å². The van der Waals surface area contributed by atoms with Crippen molar-refractivity contribution < 1.29 is 4.74 Å². The van der Waals surface area contributed by atoms with E-state index in [1.165, 1.54) is 0 Å². The maximum absolute atomic E-state index is 5.19. The predicted molar refractivity (Wildman–Crippen MR) is 44.8 cm³/mol. The van der Waals surface area contributed by atoms with E-state index in [1.807, 2.05) is 0 Å². The van der Waals surface area contributed by atoms with Gasteiger partial charge in [0.15, 0.2) is 0 Å². The predicted octanol–water partition coefficient (Wildman–Crippen LogP) is 3.09. The van der Waals surface area contributed by atoms with Gasteiger partial charge in [-0.05, 0) is 20.3 Å². The molecule has 0 heterocycles. The molecule has 9 heavy (non-hydrogen) atoms. The first kappa shape index (κ1) is 16.0. The fraction of sp³-hybridized carbons (Fsp3) is 1.00. The van der Waals surface area contributed by atoms with Crippen LogP contribution in [0.3, 0.4) is 0 Å². The van der Waals surface area contributed by atoms with Gasteiger partial charge in [0.2, 0.25) is 0 Å². The molecular weight excluding hydrogens is 112 g/mol. The lowest BCUT2D eigenvalue weighted by Gasteiger charge is -2.03. The minimum absolute atomic E-state index is 0. The van der Waals surface area contributed by atoms with Gasteiger partial charge in [0, 0.05) is 6.61 Å². The molecule has 0 aromatic carbocycles. The van der Waals surface area contributed by atoms with Gasteiger partial charge in [-0.2, -0.15) is 0 Å². The molecule has 0 unspecified atom stereocenters. The Morgan fingerprint density at radius 3 is 1.78 bits per heavy atom. The summed E-state index contributed by atoms with van der Waals surface area (Å²) in [6.07, 6.45) is 1.53. The topological polar surface area (TPSA) is 9.23 Å². The van der Waals surface area contributed by atoms with E-state index in [2.05, 4.69) is 20.8 Å². The first-order valence-corrected chi connectivity index (χ1v) is 2.89. The highest BCUT2D eigenvalue weighted by Crippen LogP contribution is 1.87. The molecule has 0 aliphatic rings. The van der Waals surface area contributed by atoms with Crippen molar-refractivity contribution in [2.75, 3.05) is 6.61 Å². The van der Waals surface area contributed by atoms with Crippen molar-refractivity contribution in [3.8, 4) is 0 Å². The molecule has 1 heteroatoms.